The Morgan fingerprint density at radius 2 is 1.57 bits per heavy atom. The van der Waals surface area contributed by atoms with Crippen molar-refractivity contribution in [1.29, 1.82) is 0 Å². The van der Waals surface area contributed by atoms with Gasteiger partial charge < -0.3 is 29.2 Å². The fourth-order valence-electron chi connectivity index (χ4n) is 3.26. The van der Waals surface area contributed by atoms with Gasteiger partial charge in [-0.3, -0.25) is 9.59 Å². The summed E-state index contributed by atoms with van der Waals surface area (Å²) in [6.07, 6.45) is 0. The van der Waals surface area contributed by atoms with Crippen molar-refractivity contribution in [3.05, 3.63) is 47.5 Å². The number of ether oxygens (including phenoxy) is 4. The highest BCUT2D eigenvalue weighted by Crippen LogP contribution is 2.42. The van der Waals surface area contributed by atoms with Gasteiger partial charge in [-0.05, 0) is 23.8 Å². The number of methoxy groups -OCH3 is 2. The Balaban J connectivity index is 2.10. The highest BCUT2D eigenvalue weighted by Gasteiger charge is 2.39. The number of carbonyl (C=O) groups is 2. The van der Waals surface area contributed by atoms with Crippen molar-refractivity contribution in [1.82, 2.24) is 0 Å². The minimum absolute atomic E-state index is 0.232. The Labute approximate surface area is 161 Å². The number of hydrogen-bond donors (Lipinski definition) is 2. The van der Waals surface area contributed by atoms with Gasteiger partial charge in [-0.2, -0.15) is 0 Å². The van der Waals surface area contributed by atoms with Crippen LogP contribution < -0.4 is 18.9 Å². The molecule has 0 spiro atoms. The first-order valence-electron chi connectivity index (χ1n) is 8.53. The molecule has 0 fully saturated rings. The normalized spacial score (nSPS) is 14.6. The Morgan fingerprint density at radius 1 is 0.893 bits per heavy atom. The average molecular weight is 388 g/mol. The summed E-state index contributed by atoms with van der Waals surface area (Å²) in [7, 11) is 2.86. The summed E-state index contributed by atoms with van der Waals surface area (Å²) in [5.74, 6) is -3.73. The minimum Gasteiger partial charge on any atom is -0.497 e. The van der Waals surface area contributed by atoms with E-state index in [-0.39, 0.29) is 11.3 Å². The molecule has 1 aliphatic heterocycles. The van der Waals surface area contributed by atoms with Gasteiger partial charge in [0.05, 0.1) is 20.1 Å². The van der Waals surface area contributed by atoms with Crippen LogP contribution in [-0.4, -0.2) is 49.6 Å². The second-order valence-corrected chi connectivity index (χ2v) is 6.14. The topological polar surface area (TPSA) is 112 Å². The maximum Gasteiger partial charge on any atom is 0.312 e. The molecule has 8 heteroatoms. The lowest BCUT2D eigenvalue weighted by Crippen LogP contribution is -2.27. The SMILES string of the molecule is COc1ccc(C(C(=O)O)C(C(=O)O)c2ccc3c(c2)OCCO3)c(OC)c1. The number of rotatable bonds is 7. The van der Waals surface area contributed by atoms with Crippen LogP contribution in [0, 0.1) is 0 Å². The molecule has 2 unspecified atom stereocenters. The summed E-state index contributed by atoms with van der Waals surface area (Å²) in [4.78, 5) is 24.2. The Bertz CT molecular complexity index is 892. The lowest BCUT2D eigenvalue weighted by atomic mass is 9.80. The second kappa shape index (κ2) is 8.08. The smallest absolute Gasteiger partial charge is 0.312 e. The van der Waals surface area contributed by atoms with E-state index in [2.05, 4.69) is 0 Å². The van der Waals surface area contributed by atoms with Crippen LogP contribution in [0.3, 0.4) is 0 Å². The zero-order valence-electron chi connectivity index (χ0n) is 15.4. The zero-order chi connectivity index (χ0) is 20.3. The Hall–Kier alpha value is -3.42. The molecule has 28 heavy (non-hydrogen) atoms. The third-order valence-electron chi connectivity index (χ3n) is 4.57. The van der Waals surface area contributed by atoms with Crippen molar-refractivity contribution in [3.63, 3.8) is 0 Å². The van der Waals surface area contributed by atoms with Gasteiger partial charge in [0.15, 0.2) is 11.5 Å². The molecule has 8 nitrogen and oxygen atoms in total. The summed E-state index contributed by atoms with van der Waals surface area (Å²) in [6.45, 7) is 0.734. The lowest BCUT2D eigenvalue weighted by Gasteiger charge is -2.25. The van der Waals surface area contributed by atoms with Crippen molar-refractivity contribution in [3.8, 4) is 23.0 Å². The first-order valence-corrected chi connectivity index (χ1v) is 8.53. The maximum absolute atomic E-state index is 12.1. The predicted molar refractivity (Wildman–Crippen MR) is 97.7 cm³/mol. The maximum atomic E-state index is 12.1. The third kappa shape index (κ3) is 3.66. The first-order chi connectivity index (χ1) is 13.5. The van der Waals surface area contributed by atoms with Crippen LogP contribution in [-0.2, 0) is 9.59 Å². The van der Waals surface area contributed by atoms with Gasteiger partial charge in [0.1, 0.15) is 30.6 Å². The van der Waals surface area contributed by atoms with E-state index in [0.717, 1.165) is 0 Å². The van der Waals surface area contributed by atoms with Gasteiger partial charge in [0.2, 0.25) is 0 Å². The molecule has 3 rings (SSSR count). The van der Waals surface area contributed by atoms with Gasteiger partial charge in [-0.25, -0.2) is 0 Å². The van der Waals surface area contributed by atoms with Crippen LogP contribution in [0.15, 0.2) is 36.4 Å². The molecule has 0 saturated heterocycles. The van der Waals surface area contributed by atoms with E-state index in [9.17, 15) is 19.8 Å². The van der Waals surface area contributed by atoms with Gasteiger partial charge in [-0.1, -0.05) is 12.1 Å². The van der Waals surface area contributed by atoms with E-state index in [1.165, 1.54) is 38.5 Å². The van der Waals surface area contributed by atoms with Crippen molar-refractivity contribution >= 4 is 11.9 Å². The number of aliphatic carboxylic acids is 2. The van der Waals surface area contributed by atoms with Crippen LogP contribution in [0.1, 0.15) is 23.0 Å². The van der Waals surface area contributed by atoms with Crippen molar-refractivity contribution in [2.45, 2.75) is 11.8 Å². The van der Waals surface area contributed by atoms with Crippen LogP contribution in [0.25, 0.3) is 0 Å². The molecule has 2 N–H and O–H groups in total. The summed E-state index contributed by atoms with van der Waals surface area (Å²) in [5, 5.41) is 19.8. The van der Waals surface area contributed by atoms with Gasteiger partial charge in [0.25, 0.3) is 0 Å². The Kier molecular flexibility index (Phi) is 5.58. The zero-order valence-corrected chi connectivity index (χ0v) is 15.4. The van der Waals surface area contributed by atoms with E-state index in [1.807, 2.05) is 0 Å². The molecule has 0 saturated carbocycles. The molecule has 2 aromatic carbocycles. The van der Waals surface area contributed by atoms with Crippen molar-refractivity contribution < 1.29 is 38.7 Å². The molecule has 0 aliphatic carbocycles. The molecule has 0 radical (unpaired) electrons. The van der Waals surface area contributed by atoms with Gasteiger partial charge in [-0.15, -0.1) is 0 Å². The molecule has 0 amide bonds. The molecule has 148 valence electrons. The lowest BCUT2D eigenvalue weighted by molar-refractivity contribution is -0.147. The molecule has 1 heterocycles. The highest BCUT2D eigenvalue weighted by molar-refractivity contribution is 5.89. The quantitative estimate of drug-likeness (QED) is 0.744. The summed E-state index contributed by atoms with van der Waals surface area (Å²) in [5.41, 5.74) is 0.528. The van der Waals surface area contributed by atoms with Crippen LogP contribution in [0.4, 0.5) is 0 Å². The van der Waals surface area contributed by atoms with Crippen molar-refractivity contribution in [2.75, 3.05) is 27.4 Å². The molecule has 0 aromatic heterocycles. The Morgan fingerprint density at radius 3 is 2.18 bits per heavy atom. The number of fused-ring (bicyclic) bond motifs is 1. The van der Waals surface area contributed by atoms with Crippen LogP contribution in [0.2, 0.25) is 0 Å². The number of hydrogen-bond acceptors (Lipinski definition) is 6. The largest absolute Gasteiger partial charge is 0.497 e. The number of carboxylic acids is 2. The summed E-state index contributed by atoms with van der Waals surface area (Å²) < 4.78 is 21.4. The van der Waals surface area contributed by atoms with E-state index < -0.39 is 23.8 Å². The predicted octanol–water partition coefficient (Wildman–Crippen LogP) is 2.51. The monoisotopic (exact) mass is 388 g/mol. The number of benzene rings is 2. The molecular weight excluding hydrogens is 368 g/mol. The van der Waals surface area contributed by atoms with E-state index in [4.69, 9.17) is 18.9 Å². The molecule has 0 bridgehead atoms. The molecule has 2 atom stereocenters. The van der Waals surface area contributed by atoms with Gasteiger partial charge >= 0.3 is 11.9 Å². The highest BCUT2D eigenvalue weighted by atomic mass is 16.6. The fraction of sp³-hybridized carbons (Fsp3) is 0.300. The molecule has 1 aliphatic rings. The number of carboxylic acid groups (broad SMARTS) is 2. The third-order valence-corrected chi connectivity index (χ3v) is 4.57. The first kappa shape index (κ1) is 19.3. The fourth-order valence-corrected chi connectivity index (χ4v) is 3.26. The molecular formula is C20H20O8. The van der Waals surface area contributed by atoms with Crippen molar-refractivity contribution in [2.24, 2.45) is 0 Å². The van der Waals surface area contributed by atoms with Crippen LogP contribution >= 0.6 is 0 Å². The van der Waals surface area contributed by atoms with E-state index in [0.29, 0.717) is 36.0 Å². The van der Waals surface area contributed by atoms with Gasteiger partial charge in [0, 0.05) is 11.6 Å². The molecule has 2 aromatic rings. The van der Waals surface area contributed by atoms with E-state index in [1.54, 1.807) is 12.1 Å². The second-order valence-electron chi connectivity index (χ2n) is 6.14. The average Bonchev–Trinajstić information content (AvgIpc) is 2.70. The summed E-state index contributed by atoms with van der Waals surface area (Å²) in [6, 6.07) is 9.23. The minimum atomic E-state index is -1.39. The van der Waals surface area contributed by atoms with E-state index >= 15 is 0 Å². The standard InChI is InChI=1S/C20H20O8/c1-25-12-4-5-13(15(10-12)26-2)18(20(23)24)17(19(21)22)11-3-6-14-16(9-11)28-8-7-27-14/h3-6,9-10,17-18H,7-8H2,1-2H3,(H,21,22)(H,23,24). The summed E-state index contributed by atoms with van der Waals surface area (Å²) >= 11 is 0. The van der Waals surface area contributed by atoms with Crippen LogP contribution in [0.5, 0.6) is 23.0 Å².